The van der Waals surface area contributed by atoms with Crippen molar-refractivity contribution in [2.24, 2.45) is 0 Å². The molecule has 110 valence electrons. The Morgan fingerprint density at radius 1 is 1.35 bits per heavy atom. The zero-order valence-corrected chi connectivity index (χ0v) is 14.0. The zero-order chi connectivity index (χ0) is 14.3. The molecule has 20 heavy (non-hydrogen) atoms. The van der Waals surface area contributed by atoms with Crippen molar-refractivity contribution in [3.05, 3.63) is 21.9 Å². The van der Waals surface area contributed by atoms with Gasteiger partial charge in [0.25, 0.3) is 0 Å². The van der Waals surface area contributed by atoms with Gasteiger partial charge in [-0.3, -0.25) is 4.90 Å². The Morgan fingerprint density at radius 3 is 2.95 bits per heavy atom. The van der Waals surface area contributed by atoms with E-state index >= 15 is 0 Å². The molecule has 3 rings (SSSR count). The number of piperazine rings is 1. The van der Waals surface area contributed by atoms with E-state index in [1.165, 1.54) is 16.6 Å². The van der Waals surface area contributed by atoms with Crippen LogP contribution in [0.4, 0.5) is 0 Å². The van der Waals surface area contributed by atoms with Crippen LogP contribution >= 0.6 is 27.5 Å². The second kappa shape index (κ2) is 5.53. The molecular formula is C12H15BrClN3O2S. The maximum Gasteiger partial charge on any atom is 0.246 e. The van der Waals surface area contributed by atoms with Crippen LogP contribution in [0.5, 0.6) is 0 Å². The van der Waals surface area contributed by atoms with E-state index in [4.69, 9.17) is 11.6 Å². The molecule has 0 spiro atoms. The molecule has 0 radical (unpaired) electrons. The molecule has 2 aliphatic rings. The van der Waals surface area contributed by atoms with Crippen LogP contribution < -0.4 is 0 Å². The molecule has 2 aliphatic heterocycles. The normalized spacial score (nSPS) is 24.8. The Labute approximate surface area is 132 Å². The molecule has 0 aromatic carbocycles. The lowest BCUT2D eigenvalue weighted by atomic mass is 10.2. The first kappa shape index (κ1) is 14.7. The van der Waals surface area contributed by atoms with Gasteiger partial charge in [-0.15, -0.1) is 0 Å². The Morgan fingerprint density at radius 2 is 2.15 bits per heavy atom. The first-order valence-electron chi connectivity index (χ1n) is 6.54. The van der Waals surface area contributed by atoms with Gasteiger partial charge in [-0.2, -0.15) is 4.31 Å². The molecule has 1 aromatic heterocycles. The van der Waals surface area contributed by atoms with E-state index in [1.54, 1.807) is 0 Å². The average Bonchev–Trinajstić information content (AvgIpc) is 2.88. The molecule has 0 aliphatic carbocycles. The summed E-state index contributed by atoms with van der Waals surface area (Å²) in [6, 6.07) is 1.86. The van der Waals surface area contributed by atoms with Crippen molar-refractivity contribution < 1.29 is 8.42 Å². The highest BCUT2D eigenvalue weighted by molar-refractivity contribution is 9.10. The molecule has 0 saturated carbocycles. The van der Waals surface area contributed by atoms with Crippen LogP contribution in [0.25, 0.3) is 0 Å². The number of rotatable bonds is 2. The van der Waals surface area contributed by atoms with Gasteiger partial charge in [0.05, 0.1) is 0 Å². The van der Waals surface area contributed by atoms with E-state index in [0.29, 0.717) is 23.6 Å². The van der Waals surface area contributed by atoms with Crippen LogP contribution in [-0.2, 0) is 10.0 Å². The van der Waals surface area contributed by atoms with Crippen LogP contribution in [0.1, 0.15) is 12.8 Å². The third-order valence-electron chi connectivity index (χ3n) is 3.94. The minimum atomic E-state index is -3.57. The first-order chi connectivity index (χ1) is 9.48. The van der Waals surface area contributed by atoms with Gasteiger partial charge < -0.3 is 0 Å². The number of sulfonamides is 1. The molecule has 1 aromatic rings. The lowest BCUT2D eigenvalue weighted by molar-refractivity contribution is 0.158. The van der Waals surface area contributed by atoms with Gasteiger partial charge in [0.15, 0.2) is 0 Å². The molecule has 3 heterocycles. The summed E-state index contributed by atoms with van der Waals surface area (Å²) in [5, 5.41) is 0.0297. The summed E-state index contributed by atoms with van der Waals surface area (Å²) < 4.78 is 27.6. The summed E-state index contributed by atoms with van der Waals surface area (Å²) in [5.41, 5.74) is 0. The molecule has 0 bridgehead atoms. The van der Waals surface area contributed by atoms with E-state index < -0.39 is 10.0 Å². The van der Waals surface area contributed by atoms with Gasteiger partial charge in [0, 0.05) is 36.3 Å². The highest BCUT2D eigenvalue weighted by atomic mass is 79.9. The average molecular weight is 381 g/mol. The fraction of sp³-hybridized carbons (Fsp3) is 0.583. The van der Waals surface area contributed by atoms with Crippen LogP contribution in [0.3, 0.4) is 0 Å². The maximum absolute atomic E-state index is 12.7. The molecule has 2 fully saturated rings. The van der Waals surface area contributed by atoms with Gasteiger partial charge in [-0.05, 0) is 41.4 Å². The number of pyridine rings is 1. The fourth-order valence-electron chi connectivity index (χ4n) is 2.90. The minimum absolute atomic E-state index is 0.0297. The van der Waals surface area contributed by atoms with Gasteiger partial charge in [0.2, 0.25) is 10.0 Å². The van der Waals surface area contributed by atoms with Gasteiger partial charge in [-0.1, -0.05) is 11.6 Å². The Kier molecular flexibility index (Phi) is 4.07. The molecule has 1 atom stereocenters. The highest BCUT2D eigenvalue weighted by Crippen LogP contribution is 2.29. The van der Waals surface area contributed by atoms with E-state index in [0.717, 1.165) is 25.9 Å². The molecule has 0 amide bonds. The van der Waals surface area contributed by atoms with Crippen molar-refractivity contribution in [3.8, 4) is 0 Å². The van der Waals surface area contributed by atoms with Crippen molar-refractivity contribution in [1.29, 1.82) is 0 Å². The summed E-state index contributed by atoms with van der Waals surface area (Å²) in [7, 11) is -3.57. The molecular weight excluding hydrogens is 366 g/mol. The van der Waals surface area contributed by atoms with Crippen LogP contribution in [0.2, 0.25) is 5.15 Å². The fourth-order valence-corrected chi connectivity index (χ4v) is 5.29. The first-order valence-corrected chi connectivity index (χ1v) is 9.15. The number of hydrogen-bond donors (Lipinski definition) is 0. The van der Waals surface area contributed by atoms with Crippen molar-refractivity contribution in [3.63, 3.8) is 0 Å². The Balaban J connectivity index is 1.90. The lowest BCUT2D eigenvalue weighted by Gasteiger charge is -2.36. The third-order valence-corrected chi connectivity index (χ3v) is 6.67. The van der Waals surface area contributed by atoms with Crippen LogP contribution in [-0.4, -0.2) is 54.8 Å². The Bertz CT molecular complexity index is 625. The molecule has 2 saturated heterocycles. The lowest BCUT2D eigenvalue weighted by Crippen LogP contribution is -2.51. The Hall–Kier alpha value is -0.210. The second-order valence-corrected chi connectivity index (χ2v) is 8.32. The van der Waals surface area contributed by atoms with Crippen molar-refractivity contribution in [2.75, 3.05) is 26.2 Å². The summed E-state index contributed by atoms with van der Waals surface area (Å²) >= 11 is 9.21. The van der Waals surface area contributed by atoms with E-state index in [9.17, 15) is 8.42 Å². The number of halogens is 2. The predicted molar refractivity (Wildman–Crippen MR) is 80.3 cm³/mol. The number of fused-ring (bicyclic) bond motifs is 1. The number of hydrogen-bond acceptors (Lipinski definition) is 4. The van der Waals surface area contributed by atoms with Gasteiger partial charge >= 0.3 is 0 Å². The van der Waals surface area contributed by atoms with Gasteiger partial charge in [0.1, 0.15) is 10.0 Å². The summed E-state index contributed by atoms with van der Waals surface area (Å²) in [5.74, 6) is 0. The second-order valence-electron chi connectivity index (χ2n) is 5.14. The van der Waals surface area contributed by atoms with Crippen molar-refractivity contribution in [2.45, 2.75) is 23.8 Å². The molecule has 0 N–H and O–H groups in total. The smallest absolute Gasteiger partial charge is 0.246 e. The predicted octanol–water partition coefficient (Wildman–Crippen LogP) is 1.97. The zero-order valence-electron chi connectivity index (χ0n) is 10.8. The van der Waals surface area contributed by atoms with Crippen molar-refractivity contribution in [1.82, 2.24) is 14.2 Å². The third kappa shape index (κ3) is 2.62. The molecule has 8 heteroatoms. The number of aromatic nitrogens is 1. The topological polar surface area (TPSA) is 53.5 Å². The summed E-state index contributed by atoms with van der Waals surface area (Å²) in [6.45, 7) is 2.94. The quantitative estimate of drug-likeness (QED) is 0.736. The molecule has 5 nitrogen and oxygen atoms in total. The van der Waals surface area contributed by atoms with Crippen molar-refractivity contribution >= 4 is 37.6 Å². The SMILES string of the molecule is O=S(=O)(c1cc(Br)cnc1Cl)N1CCN2CCCC2C1. The maximum atomic E-state index is 12.7. The van der Waals surface area contributed by atoms with Crippen LogP contribution in [0.15, 0.2) is 21.6 Å². The van der Waals surface area contributed by atoms with Gasteiger partial charge in [-0.25, -0.2) is 13.4 Å². The van der Waals surface area contributed by atoms with Crippen LogP contribution in [0, 0.1) is 0 Å². The molecule has 1 unspecified atom stereocenters. The minimum Gasteiger partial charge on any atom is -0.298 e. The summed E-state index contributed by atoms with van der Waals surface area (Å²) in [6.07, 6.45) is 3.71. The van der Waals surface area contributed by atoms with E-state index in [2.05, 4.69) is 25.8 Å². The standard InChI is InChI=1S/C12H15BrClN3O2S/c13-9-6-11(12(14)15-7-9)20(18,19)17-5-4-16-3-1-2-10(16)8-17/h6-7,10H,1-5,8H2. The largest absolute Gasteiger partial charge is 0.298 e. The van der Waals surface area contributed by atoms with E-state index in [-0.39, 0.29) is 10.0 Å². The van der Waals surface area contributed by atoms with E-state index in [1.807, 2.05) is 0 Å². The number of nitrogens with zero attached hydrogens (tertiary/aromatic N) is 3. The monoisotopic (exact) mass is 379 g/mol. The summed E-state index contributed by atoms with van der Waals surface area (Å²) in [4.78, 5) is 6.36. The highest BCUT2D eigenvalue weighted by Gasteiger charge is 2.37.